The number of hydrogen-bond donors (Lipinski definition) is 0. The van der Waals surface area contributed by atoms with E-state index in [0.717, 1.165) is 16.8 Å². The summed E-state index contributed by atoms with van der Waals surface area (Å²) < 4.78 is 10.5. The Balaban J connectivity index is 1.90. The van der Waals surface area contributed by atoms with Crippen molar-refractivity contribution in [2.45, 2.75) is 0 Å². The summed E-state index contributed by atoms with van der Waals surface area (Å²) in [4.78, 5) is 14.5. The summed E-state index contributed by atoms with van der Waals surface area (Å²) in [5.41, 5.74) is 3.54. The van der Waals surface area contributed by atoms with E-state index in [0.29, 0.717) is 17.1 Å². The fourth-order valence-electron chi connectivity index (χ4n) is 2.80. The molecule has 0 saturated heterocycles. The van der Waals surface area contributed by atoms with Crippen LogP contribution >= 0.6 is 0 Å². The number of carbonyl (C=O) groups is 1. The summed E-state index contributed by atoms with van der Waals surface area (Å²) in [5.74, 6) is 1.01. The van der Waals surface area contributed by atoms with Gasteiger partial charge in [-0.25, -0.2) is 0 Å². The summed E-state index contributed by atoms with van der Waals surface area (Å²) >= 11 is 0. The summed E-state index contributed by atoms with van der Waals surface area (Å²) in [7, 11) is 4.89. The molecule has 0 saturated carbocycles. The summed E-state index contributed by atoms with van der Waals surface area (Å²) in [6.45, 7) is 0. The average Bonchev–Trinajstić information content (AvgIpc) is 2.72. The van der Waals surface area contributed by atoms with Gasteiger partial charge in [0, 0.05) is 18.3 Å². The predicted octanol–water partition coefficient (Wildman–Crippen LogP) is 4.65. The molecule has 1 amide bonds. The van der Waals surface area contributed by atoms with Crippen LogP contribution in [0.3, 0.4) is 0 Å². The van der Waals surface area contributed by atoms with Crippen LogP contribution in [0.1, 0.15) is 10.4 Å². The maximum absolute atomic E-state index is 12.9. The second-order valence-corrected chi connectivity index (χ2v) is 5.85. The van der Waals surface area contributed by atoms with Crippen molar-refractivity contribution >= 4 is 11.6 Å². The van der Waals surface area contributed by atoms with Gasteiger partial charge < -0.3 is 14.4 Å². The minimum Gasteiger partial charge on any atom is -0.493 e. The van der Waals surface area contributed by atoms with E-state index in [1.807, 2.05) is 42.5 Å². The molecule has 0 fully saturated rings. The smallest absolute Gasteiger partial charge is 0.258 e. The highest BCUT2D eigenvalue weighted by atomic mass is 16.5. The molecule has 3 aromatic carbocycles. The third-order valence-electron chi connectivity index (χ3n) is 4.28. The van der Waals surface area contributed by atoms with Gasteiger partial charge in [0.2, 0.25) is 0 Å². The number of benzene rings is 3. The van der Waals surface area contributed by atoms with Crippen molar-refractivity contribution in [2.24, 2.45) is 0 Å². The van der Waals surface area contributed by atoms with Gasteiger partial charge in [0.15, 0.2) is 11.5 Å². The van der Waals surface area contributed by atoms with E-state index in [1.165, 1.54) is 0 Å². The third kappa shape index (κ3) is 3.54. The Morgan fingerprint density at radius 3 is 2.15 bits per heavy atom. The van der Waals surface area contributed by atoms with Crippen LogP contribution in [-0.4, -0.2) is 27.2 Å². The molecule has 0 atom stereocenters. The molecule has 0 heterocycles. The molecule has 0 aliphatic carbocycles. The Bertz CT molecular complexity index is 906. The fraction of sp³-hybridized carbons (Fsp3) is 0.136. The zero-order valence-electron chi connectivity index (χ0n) is 15.1. The van der Waals surface area contributed by atoms with E-state index in [-0.39, 0.29) is 5.91 Å². The topological polar surface area (TPSA) is 38.8 Å². The molecule has 0 radical (unpaired) electrons. The largest absolute Gasteiger partial charge is 0.493 e. The van der Waals surface area contributed by atoms with E-state index in [2.05, 4.69) is 12.1 Å². The monoisotopic (exact) mass is 347 g/mol. The van der Waals surface area contributed by atoms with Crippen LogP contribution in [0, 0.1) is 0 Å². The van der Waals surface area contributed by atoms with Crippen molar-refractivity contribution in [3.05, 3.63) is 78.4 Å². The Hall–Kier alpha value is -3.27. The average molecular weight is 347 g/mol. The van der Waals surface area contributed by atoms with Crippen molar-refractivity contribution in [3.63, 3.8) is 0 Å². The molecule has 3 aromatic rings. The van der Waals surface area contributed by atoms with Gasteiger partial charge in [-0.1, -0.05) is 42.5 Å². The first-order valence-corrected chi connectivity index (χ1v) is 8.29. The number of hydrogen-bond acceptors (Lipinski definition) is 3. The maximum atomic E-state index is 12.9. The molecular weight excluding hydrogens is 326 g/mol. The molecule has 4 nitrogen and oxygen atoms in total. The number of rotatable bonds is 5. The molecule has 26 heavy (non-hydrogen) atoms. The molecule has 0 aromatic heterocycles. The Morgan fingerprint density at radius 1 is 0.769 bits per heavy atom. The zero-order valence-corrected chi connectivity index (χ0v) is 15.1. The molecule has 0 aliphatic rings. The SMILES string of the molecule is COc1ccc(C(=O)N(C)c2cccc(-c3ccccc3)c2)cc1OC. The lowest BCUT2D eigenvalue weighted by Crippen LogP contribution is -2.26. The van der Waals surface area contributed by atoms with Crippen molar-refractivity contribution in [3.8, 4) is 22.6 Å². The molecule has 3 rings (SSSR count). The van der Waals surface area contributed by atoms with Gasteiger partial charge in [-0.2, -0.15) is 0 Å². The number of methoxy groups -OCH3 is 2. The van der Waals surface area contributed by atoms with Crippen molar-refractivity contribution in [2.75, 3.05) is 26.2 Å². The summed E-state index contributed by atoms with van der Waals surface area (Å²) in [6, 6.07) is 23.2. The third-order valence-corrected chi connectivity index (χ3v) is 4.28. The number of anilines is 1. The van der Waals surface area contributed by atoms with Crippen LogP contribution in [0.15, 0.2) is 72.8 Å². The number of carbonyl (C=O) groups excluding carboxylic acids is 1. The van der Waals surface area contributed by atoms with Crippen LogP contribution in [0.5, 0.6) is 11.5 Å². The predicted molar refractivity (Wildman–Crippen MR) is 104 cm³/mol. The van der Waals surface area contributed by atoms with Gasteiger partial charge in [0.05, 0.1) is 14.2 Å². The Morgan fingerprint density at radius 2 is 1.46 bits per heavy atom. The highest BCUT2D eigenvalue weighted by Crippen LogP contribution is 2.29. The highest BCUT2D eigenvalue weighted by molar-refractivity contribution is 6.06. The summed E-state index contributed by atoms with van der Waals surface area (Å²) in [5, 5.41) is 0. The second kappa shape index (κ2) is 7.74. The summed E-state index contributed by atoms with van der Waals surface area (Å²) in [6.07, 6.45) is 0. The molecule has 0 spiro atoms. The molecule has 132 valence electrons. The highest BCUT2D eigenvalue weighted by Gasteiger charge is 2.16. The number of amides is 1. The minimum absolute atomic E-state index is 0.115. The van der Waals surface area contributed by atoms with Crippen molar-refractivity contribution < 1.29 is 14.3 Å². The molecule has 4 heteroatoms. The first-order chi connectivity index (χ1) is 12.6. The Kier molecular flexibility index (Phi) is 5.23. The molecule has 0 aliphatic heterocycles. The van der Waals surface area contributed by atoms with Gasteiger partial charge in [-0.15, -0.1) is 0 Å². The van der Waals surface area contributed by atoms with Gasteiger partial charge >= 0.3 is 0 Å². The van der Waals surface area contributed by atoms with Crippen molar-refractivity contribution in [1.82, 2.24) is 0 Å². The maximum Gasteiger partial charge on any atom is 0.258 e. The van der Waals surface area contributed by atoms with Gasteiger partial charge in [-0.05, 0) is 41.5 Å². The molecule has 0 bridgehead atoms. The lowest BCUT2D eigenvalue weighted by Gasteiger charge is -2.19. The van der Waals surface area contributed by atoms with Gasteiger partial charge in [-0.3, -0.25) is 4.79 Å². The molecular formula is C22H21NO3. The van der Waals surface area contributed by atoms with Crippen LogP contribution in [0.2, 0.25) is 0 Å². The lowest BCUT2D eigenvalue weighted by molar-refractivity contribution is 0.0992. The minimum atomic E-state index is -0.115. The van der Waals surface area contributed by atoms with Crippen LogP contribution in [0.4, 0.5) is 5.69 Å². The van der Waals surface area contributed by atoms with Crippen LogP contribution in [-0.2, 0) is 0 Å². The van der Waals surface area contributed by atoms with E-state index in [4.69, 9.17) is 9.47 Å². The quantitative estimate of drug-likeness (QED) is 0.674. The van der Waals surface area contributed by atoms with E-state index < -0.39 is 0 Å². The van der Waals surface area contributed by atoms with Gasteiger partial charge in [0.25, 0.3) is 5.91 Å². The molecule has 0 unspecified atom stereocenters. The normalized spacial score (nSPS) is 10.3. The van der Waals surface area contributed by atoms with E-state index in [1.54, 1.807) is 44.4 Å². The lowest BCUT2D eigenvalue weighted by atomic mass is 10.0. The fourth-order valence-corrected chi connectivity index (χ4v) is 2.80. The number of ether oxygens (including phenoxy) is 2. The zero-order chi connectivity index (χ0) is 18.5. The second-order valence-electron chi connectivity index (χ2n) is 5.85. The van der Waals surface area contributed by atoms with E-state index in [9.17, 15) is 4.79 Å². The van der Waals surface area contributed by atoms with Crippen molar-refractivity contribution in [1.29, 1.82) is 0 Å². The first kappa shape index (κ1) is 17.5. The standard InChI is InChI=1S/C22H21NO3/c1-23(22(24)18-12-13-20(25-2)21(15-18)26-3)19-11-7-10-17(14-19)16-8-5-4-6-9-16/h4-15H,1-3H3. The molecule has 0 N–H and O–H groups in total. The number of nitrogens with zero attached hydrogens (tertiary/aromatic N) is 1. The van der Waals surface area contributed by atoms with Crippen LogP contribution < -0.4 is 14.4 Å². The van der Waals surface area contributed by atoms with E-state index >= 15 is 0 Å². The van der Waals surface area contributed by atoms with Gasteiger partial charge in [0.1, 0.15) is 0 Å². The first-order valence-electron chi connectivity index (χ1n) is 8.29. The van der Waals surface area contributed by atoms with Crippen LogP contribution in [0.25, 0.3) is 11.1 Å². The Labute approximate surface area is 153 Å².